The molecule has 0 radical (unpaired) electrons. The molecular weight excluding hydrogens is 491 g/mol. The van der Waals surface area contributed by atoms with E-state index < -0.39 is 34.1 Å². The molecule has 4 rings (SSSR count). The second kappa shape index (κ2) is 9.95. The Morgan fingerprint density at radius 2 is 1.74 bits per heavy atom. The Balaban J connectivity index is 1.46. The average Bonchev–Trinajstić information content (AvgIpc) is 3.31. The largest absolute Gasteiger partial charge is 0.573 e. The van der Waals surface area contributed by atoms with Crippen molar-refractivity contribution in [2.24, 2.45) is 0 Å². The Morgan fingerprint density at radius 1 is 1.06 bits per heavy atom. The van der Waals surface area contributed by atoms with Crippen LogP contribution in [0.3, 0.4) is 0 Å². The van der Waals surface area contributed by atoms with Crippen molar-refractivity contribution in [3.05, 3.63) is 42.4 Å². The molecule has 0 aliphatic carbocycles. The van der Waals surface area contributed by atoms with Gasteiger partial charge in [-0.25, -0.2) is 13.4 Å². The molecule has 0 bridgehead atoms. The van der Waals surface area contributed by atoms with E-state index in [0.717, 1.165) is 60.2 Å². The van der Waals surface area contributed by atoms with Gasteiger partial charge in [0.1, 0.15) is 17.6 Å². The summed E-state index contributed by atoms with van der Waals surface area (Å²) in [5, 5.41) is 9.74. The van der Waals surface area contributed by atoms with Gasteiger partial charge in [0.05, 0.1) is 23.0 Å². The molecule has 1 aromatic carbocycles. The van der Waals surface area contributed by atoms with Gasteiger partial charge in [-0.3, -0.25) is 14.7 Å². The van der Waals surface area contributed by atoms with Crippen molar-refractivity contribution in [2.75, 3.05) is 37.6 Å². The molecule has 1 aromatic heterocycles. The van der Waals surface area contributed by atoms with Crippen molar-refractivity contribution in [3.63, 3.8) is 0 Å². The van der Waals surface area contributed by atoms with Crippen molar-refractivity contribution < 1.29 is 36.2 Å². The number of hydrogen-bond acceptors (Lipinski definition) is 8. The number of piperazine rings is 1. The molecule has 0 unspecified atom stereocenters. The number of ether oxygens (including phenoxy) is 1. The van der Waals surface area contributed by atoms with E-state index in [4.69, 9.17) is 0 Å². The quantitative estimate of drug-likeness (QED) is 0.591. The predicted molar refractivity (Wildman–Crippen MR) is 117 cm³/mol. The number of nitrogens with zero attached hydrogens (tertiary/aromatic N) is 5. The molecule has 1 atom stereocenters. The molecule has 1 N–H and O–H groups in total. The van der Waals surface area contributed by atoms with Gasteiger partial charge < -0.3 is 14.7 Å². The summed E-state index contributed by atoms with van der Waals surface area (Å²) < 4.78 is 67.9. The number of carboxylic acids is 1. The fraction of sp³-hybridized carbons (Fsp3) is 0.476. The van der Waals surface area contributed by atoms with Crippen molar-refractivity contribution in [2.45, 2.75) is 36.7 Å². The normalized spacial score (nSPS) is 20.2. The molecule has 3 heterocycles. The fourth-order valence-corrected chi connectivity index (χ4v) is 5.74. The first-order chi connectivity index (χ1) is 16.5. The van der Waals surface area contributed by atoms with Gasteiger partial charge in [0.15, 0.2) is 0 Å². The standard InChI is InChI=1S/C21H24F3N5O5S/c22-21(23,24)34-16-3-5-17(6-4-16)35(32,33)29-10-9-28(14-18(29)20(30)31)19-12-25-15(11-26-19)13-27-7-1-2-8-27/h3-6,11-12,18H,1-2,7-10,13-14H2,(H,30,31)/t18-/m1/s1. The van der Waals surface area contributed by atoms with E-state index in [1.165, 1.54) is 0 Å². The number of benzene rings is 1. The number of carbonyl (C=O) groups is 1. The van der Waals surface area contributed by atoms with E-state index in [0.29, 0.717) is 12.4 Å². The number of likely N-dealkylation sites (tertiary alicyclic amines) is 1. The number of rotatable bonds is 7. The lowest BCUT2D eigenvalue weighted by atomic mass is 10.2. The minimum absolute atomic E-state index is 0.155. The first-order valence-corrected chi connectivity index (χ1v) is 12.4. The number of aliphatic carboxylic acids is 1. The molecule has 0 spiro atoms. The van der Waals surface area contributed by atoms with E-state index in [1.54, 1.807) is 17.3 Å². The minimum atomic E-state index is -4.92. The number of anilines is 1. The first-order valence-electron chi connectivity index (χ1n) is 10.9. The van der Waals surface area contributed by atoms with Crippen LogP contribution in [0, 0.1) is 0 Å². The van der Waals surface area contributed by atoms with E-state index in [9.17, 15) is 31.5 Å². The Kier molecular flexibility index (Phi) is 7.15. The maximum Gasteiger partial charge on any atom is 0.573 e. The summed E-state index contributed by atoms with van der Waals surface area (Å²) in [6.45, 7) is 2.56. The summed E-state index contributed by atoms with van der Waals surface area (Å²) in [6.07, 6.45) is 0.576. The van der Waals surface area contributed by atoms with Crippen LogP contribution < -0.4 is 9.64 Å². The van der Waals surface area contributed by atoms with Crippen LogP contribution in [0.1, 0.15) is 18.5 Å². The van der Waals surface area contributed by atoms with Crippen LogP contribution in [0.5, 0.6) is 5.75 Å². The molecule has 190 valence electrons. The SMILES string of the molecule is O=C(O)[C@H]1CN(c2cnc(CN3CCCC3)cn2)CCN1S(=O)(=O)c1ccc(OC(F)(F)F)cc1. The van der Waals surface area contributed by atoms with E-state index in [-0.39, 0.29) is 24.5 Å². The highest BCUT2D eigenvalue weighted by molar-refractivity contribution is 7.89. The lowest BCUT2D eigenvalue weighted by molar-refractivity contribution is -0.274. The fourth-order valence-electron chi connectivity index (χ4n) is 4.17. The summed E-state index contributed by atoms with van der Waals surface area (Å²) in [5.41, 5.74) is 0.796. The van der Waals surface area contributed by atoms with Gasteiger partial charge in [0.2, 0.25) is 10.0 Å². The third-order valence-corrected chi connectivity index (χ3v) is 7.80. The monoisotopic (exact) mass is 515 g/mol. The maximum absolute atomic E-state index is 13.1. The molecule has 2 aliphatic heterocycles. The van der Waals surface area contributed by atoms with Crippen molar-refractivity contribution in [3.8, 4) is 5.75 Å². The van der Waals surface area contributed by atoms with Gasteiger partial charge in [-0.05, 0) is 50.2 Å². The molecule has 14 heteroatoms. The number of aromatic nitrogens is 2. The molecule has 2 aliphatic rings. The number of carboxylic acid groups (broad SMARTS) is 1. The number of alkyl halides is 3. The number of hydrogen-bond donors (Lipinski definition) is 1. The summed E-state index contributed by atoms with van der Waals surface area (Å²) in [7, 11) is -4.29. The third kappa shape index (κ3) is 6.00. The van der Waals surface area contributed by atoms with Crippen LogP contribution in [0.4, 0.5) is 19.0 Å². The van der Waals surface area contributed by atoms with Gasteiger partial charge in [-0.2, -0.15) is 4.31 Å². The van der Waals surface area contributed by atoms with Crippen LogP contribution >= 0.6 is 0 Å². The van der Waals surface area contributed by atoms with E-state index in [2.05, 4.69) is 19.6 Å². The summed E-state index contributed by atoms with van der Waals surface area (Å²) in [5.74, 6) is -1.50. The molecule has 35 heavy (non-hydrogen) atoms. The minimum Gasteiger partial charge on any atom is -0.480 e. The molecule has 2 fully saturated rings. The average molecular weight is 516 g/mol. The highest BCUT2D eigenvalue weighted by Gasteiger charge is 2.41. The Hall–Kier alpha value is -2.97. The molecular formula is C21H24F3N5O5S. The van der Waals surface area contributed by atoms with Crippen LogP contribution in [-0.2, 0) is 21.4 Å². The molecule has 0 saturated carbocycles. The van der Waals surface area contributed by atoms with E-state index in [1.807, 2.05) is 0 Å². The van der Waals surface area contributed by atoms with Gasteiger partial charge in [-0.15, -0.1) is 13.2 Å². The predicted octanol–water partition coefficient (Wildman–Crippen LogP) is 1.94. The zero-order valence-corrected chi connectivity index (χ0v) is 19.4. The van der Waals surface area contributed by atoms with Crippen LogP contribution in [-0.4, -0.2) is 83.8 Å². The second-order valence-electron chi connectivity index (χ2n) is 8.28. The van der Waals surface area contributed by atoms with Crippen molar-refractivity contribution in [1.29, 1.82) is 0 Å². The number of halogens is 3. The van der Waals surface area contributed by atoms with Crippen LogP contribution in [0.15, 0.2) is 41.6 Å². The zero-order chi connectivity index (χ0) is 25.2. The Labute approximate surface area is 200 Å². The number of sulfonamides is 1. The van der Waals surface area contributed by atoms with Crippen molar-refractivity contribution in [1.82, 2.24) is 19.2 Å². The molecule has 2 aromatic rings. The van der Waals surface area contributed by atoms with E-state index >= 15 is 0 Å². The van der Waals surface area contributed by atoms with Gasteiger partial charge >= 0.3 is 12.3 Å². The van der Waals surface area contributed by atoms with Gasteiger partial charge in [0.25, 0.3) is 0 Å². The van der Waals surface area contributed by atoms with Gasteiger partial charge in [-0.1, -0.05) is 0 Å². The van der Waals surface area contributed by atoms with Crippen LogP contribution in [0.25, 0.3) is 0 Å². The smallest absolute Gasteiger partial charge is 0.480 e. The molecule has 0 amide bonds. The maximum atomic E-state index is 13.1. The molecule has 2 saturated heterocycles. The Morgan fingerprint density at radius 3 is 2.31 bits per heavy atom. The summed E-state index contributed by atoms with van der Waals surface area (Å²) in [4.78, 5) is 24.4. The second-order valence-corrected chi connectivity index (χ2v) is 10.2. The highest BCUT2D eigenvalue weighted by atomic mass is 32.2. The summed E-state index contributed by atoms with van der Waals surface area (Å²) >= 11 is 0. The molecule has 10 nitrogen and oxygen atoms in total. The third-order valence-electron chi connectivity index (χ3n) is 5.88. The van der Waals surface area contributed by atoms with Crippen LogP contribution in [0.2, 0.25) is 0 Å². The lowest BCUT2D eigenvalue weighted by Gasteiger charge is -2.38. The topological polar surface area (TPSA) is 116 Å². The zero-order valence-electron chi connectivity index (χ0n) is 18.6. The highest BCUT2D eigenvalue weighted by Crippen LogP contribution is 2.27. The lowest BCUT2D eigenvalue weighted by Crippen LogP contribution is -2.58. The Bertz CT molecular complexity index is 1140. The summed E-state index contributed by atoms with van der Waals surface area (Å²) in [6, 6.07) is 2.21. The van der Waals surface area contributed by atoms with Gasteiger partial charge in [0, 0.05) is 26.2 Å². The van der Waals surface area contributed by atoms with Crippen molar-refractivity contribution >= 4 is 21.8 Å². The first kappa shape index (κ1) is 25.1.